The molecule has 1 N–H and O–H groups in total. The molecule has 1 atom stereocenters. The fourth-order valence-corrected chi connectivity index (χ4v) is 2.37. The zero-order valence-corrected chi connectivity index (χ0v) is 12.6. The predicted octanol–water partition coefficient (Wildman–Crippen LogP) is 4.45. The van der Waals surface area contributed by atoms with E-state index < -0.39 is 0 Å². The van der Waals surface area contributed by atoms with E-state index >= 15 is 0 Å². The predicted molar refractivity (Wildman–Crippen MR) is 82.6 cm³/mol. The lowest BCUT2D eigenvalue weighted by molar-refractivity contribution is 0.597. The van der Waals surface area contributed by atoms with Gasteiger partial charge >= 0.3 is 0 Å². The minimum atomic E-state index is -0.144. The summed E-state index contributed by atoms with van der Waals surface area (Å²) < 4.78 is 13.8. The Bertz CT molecular complexity index is 553. The Morgan fingerprint density at radius 3 is 2.05 bits per heavy atom. The molecular formula is C18H22FN. The van der Waals surface area contributed by atoms with Crippen LogP contribution in [-0.2, 0) is 0 Å². The van der Waals surface area contributed by atoms with Gasteiger partial charge < -0.3 is 5.32 Å². The molecule has 0 saturated carbocycles. The van der Waals surface area contributed by atoms with E-state index in [1.807, 2.05) is 12.1 Å². The van der Waals surface area contributed by atoms with Crippen LogP contribution in [0.3, 0.4) is 0 Å². The van der Waals surface area contributed by atoms with Crippen LogP contribution in [0.5, 0.6) is 0 Å². The van der Waals surface area contributed by atoms with Crippen molar-refractivity contribution in [3.63, 3.8) is 0 Å². The van der Waals surface area contributed by atoms with Gasteiger partial charge in [0.05, 0.1) is 6.04 Å². The first kappa shape index (κ1) is 14.7. The molecule has 2 rings (SSSR count). The highest BCUT2D eigenvalue weighted by atomic mass is 19.1. The first-order valence-electron chi connectivity index (χ1n) is 7.09. The van der Waals surface area contributed by atoms with Crippen LogP contribution in [-0.4, -0.2) is 6.54 Å². The molecule has 106 valence electrons. The van der Waals surface area contributed by atoms with E-state index in [0.29, 0.717) is 5.56 Å². The summed E-state index contributed by atoms with van der Waals surface area (Å²) in [7, 11) is 0. The molecule has 0 radical (unpaired) electrons. The Balaban J connectivity index is 2.44. The lowest BCUT2D eigenvalue weighted by Gasteiger charge is -2.20. The van der Waals surface area contributed by atoms with Crippen molar-refractivity contribution in [2.75, 3.05) is 6.54 Å². The lowest BCUT2D eigenvalue weighted by Crippen LogP contribution is -2.22. The molecule has 0 fully saturated rings. The molecule has 0 bridgehead atoms. The van der Waals surface area contributed by atoms with Crippen LogP contribution in [0.2, 0.25) is 0 Å². The maximum atomic E-state index is 13.8. The number of benzene rings is 2. The van der Waals surface area contributed by atoms with E-state index in [1.54, 1.807) is 13.0 Å². The molecule has 2 heteroatoms. The molecule has 0 amide bonds. The molecule has 2 aromatic rings. The molecule has 0 aromatic heterocycles. The zero-order chi connectivity index (χ0) is 14.7. The van der Waals surface area contributed by atoms with Crippen molar-refractivity contribution in [2.24, 2.45) is 0 Å². The SMILES string of the molecule is CCNC(c1ccc(C)c(C)c1)c1ccc(C)c(F)c1. The Kier molecular flexibility index (Phi) is 4.56. The van der Waals surface area contributed by atoms with Crippen LogP contribution in [0.4, 0.5) is 4.39 Å². The molecular weight excluding hydrogens is 249 g/mol. The van der Waals surface area contributed by atoms with Gasteiger partial charge in [-0.1, -0.05) is 37.3 Å². The minimum Gasteiger partial charge on any atom is -0.307 e. The molecule has 0 heterocycles. The van der Waals surface area contributed by atoms with Crippen LogP contribution in [0, 0.1) is 26.6 Å². The number of nitrogens with one attached hydrogen (secondary N) is 1. The smallest absolute Gasteiger partial charge is 0.126 e. The number of hydrogen-bond acceptors (Lipinski definition) is 1. The summed E-state index contributed by atoms with van der Waals surface area (Å²) in [5, 5.41) is 3.44. The van der Waals surface area contributed by atoms with Gasteiger partial charge in [-0.15, -0.1) is 0 Å². The van der Waals surface area contributed by atoms with Crippen molar-refractivity contribution < 1.29 is 4.39 Å². The first-order chi connectivity index (χ1) is 9.52. The molecule has 0 aliphatic heterocycles. The normalized spacial score (nSPS) is 12.4. The minimum absolute atomic E-state index is 0.0365. The number of aryl methyl sites for hydroxylation is 3. The van der Waals surface area contributed by atoms with Crippen LogP contribution >= 0.6 is 0 Å². The molecule has 20 heavy (non-hydrogen) atoms. The Labute approximate surface area is 120 Å². The molecule has 0 spiro atoms. The van der Waals surface area contributed by atoms with E-state index in [2.05, 4.69) is 44.3 Å². The molecule has 2 aromatic carbocycles. The fourth-order valence-electron chi connectivity index (χ4n) is 2.37. The van der Waals surface area contributed by atoms with Crippen LogP contribution in [0.25, 0.3) is 0 Å². The Morgan fingerprint density at radius 2 is 1.50 bits per heavy atom. The molecule has 0 saturated heterocycles. The summed E-state index contributed by atoms with van der Waals surface area (Å²) in [6, 6.07) is 11.9. The van der Waals surface area contributed by atoms with Crippen molar-refractivity contribution in [3.05, 3.63) is 70.0 Å². The van der Waals surface area contributed by atoms with Gasteiger partial charge in [0.2, 0.25) is 0 Å². The van der Waals surface area contributed by atoms with E-state index in [0.717, 1.165) is 12.1 Å². The van der Waals surface area contributed by atoms with Gasteiger partial charge in [0.1, 0.15) is 5.82 Å². The second-order valence-electron chi connectivity index (χ2n) is 5.34. The van der Waals surface area contributed by atoms with Crippen molar-refractivity contribution in [2.45, 2.75) is 33.7 Å². The number of hydrogen-bond donors (Lipinski definition) is 1. The van der Waals surface area contributed by atoms with E-state index in [9.17, 15) is 4.39 Å². The van der Waals surface area contributed by atoms with Crippen LogP contribution in [0.1, 0.15) is 40.8 Å². The molecule has 1 unspecified atom stereocenters. The quantitative estimate of drug-likeness (QED) is 0.866. The van der Waals surface area contributed by atoms with Gasteiger partial charge in [-0.2, -0.15) is 0 Å². The standard InChI is InChI=1S/C18H22FN/c1-5-20-18(15-8-6-12(2)14(4)10-15)16-9-7-13(3)17(19)11-16/h6-11,18,20H,5H2,1-4H3. The van der Waals surface area contributed by atoms with E-state index in [-0.39, 0.29) is 11.9 Å². The van der Waals surface area contributed by atoms with Crippen molar-refractivity contribution in [3.8, 4) is 0 Å². The maximum Gasteiger partial charge on any atom is 0.126 e. The van der Waals surface area contributed by atoms with Gasteiger partial charge in [-0.3, -0.25) is 0 Å². The van der Waals surface area contributed by atoms with Crippen LogP contribution in [0.15, 0.2) is 36.4 Å². The summed E-state index contributed by atoms with van der Waals surface area (Å²) in [5.74, 6) is -0.144. The average molecular weight is 271 g/mol. The zero-order valence-electron chi connectivity index (χ0n) is 12.6. The third-order valence-electron chi connectivity index (χ3n) is 3.80. The Hall–Kier alpha value is -1.67. The largest absolute Gasteiger partial charge is 0.307 e. The molecule has 1 nitrogen and oxygen atoms in total. The monoisotopic (exact) mass is 271 g/mol. The highest BCUT2D eigenvalue weighted by molar-refractivity contribution is 5.38. The third-order valence-corrected chi connectivity index (χ3v) is 3.80. The van der Waals surface area contributed by atoms with Gasteiger partial charge in [-0.25, -0.2) is 4.39 Å². The van der Waals surface area contributed by atoms with E-state index in [4.69, 9.17) is 0 Å². The van der Waals surface area contributed by atoms with Gasteiger partial charge in [0.25, 0.3) is 0 Å². The summed E-state index contributed by atoms with van der Waals surface area (Å²) >= 11 is 0. The van der Waals surface area contributed by atoms with Crippen LogP contribution < -0.4 is 5.32 Å². The second-order valence-corrected chi connectivity index (χ2v) is 5.34. The highest BCUT2D eigenvalue weighted by Gasteiger charge is 2.14. The van der Waals surface area contributed by atoms with E-state index in [1.165, 1.54) is 16.7 Å². The summed E-state index contributed by atoms with van der Waals surface area (Å²) in [5.41, 5.74) is 5.37. The number of halogens is 1. The van der Waals surface area contributed by atoms with Gasteiger partial charge in [0.15, 0.2) is 0 Å². The summed E-state index contributed by atoms with van der Waals surface area (Å²) in [6.07, 6.45) is 0. The number of rotatable bonds is 4. The van der Waals surface area contributed by atoms with Gasteiger partial charge in [-0.05, 0) is 61.2 Å². The summed E-state index contributed by atoms with van der Waals surface area (Å²) in [6.45, 7) is 8.91. The lowest BCUT2D eigenvalue weighted by atomic mass is 9.95. The van der Waals surface area contributed by atoms with Crippen molar-refractivity contribution >= 4 is 0 Å². The highest BCUT2D eigenvalue weighted by Crippen LogP contribution is 2.25. The molecule has 0 aliphatic carbocycles. The van der Waals surface area contributed by atoms with Gasteiger partial charge in [0, 0.05) is 0 Å². The first-order valence-corrected chi connectivity index (χ1v) is 7.09. The Morgan fingerprint density at radius 1 is 0.900 bits per heavy atom. The second kappa shape index (κ2) is 6.19. The topological polar surface area (TPSA) is 12.0 Å². The maximum absolute atomic E-state index is 13.8. The third kappa shape index (κ3) is 3.07. The van der Waals surface area contributed by atoms with Crippen molar-refractivity contribution in [1.29, 1.82) is 0 Å². The summed E-state index contributed by atoms with van der Waals surface area (Å²) in [4.78, 5) is 0. The molecule has 0 aliphatic rings. The van der Waals surface area contributed by atoms with Crippen molar-refractivity contribution in [1.82, 2.24) is 5.32 Å². The average Bonchev–Trinajstić information content (AvgIpc) is 2.43. The fraction of sp³-hybridized carbons (Fsp3) is 0.333.